The molecule has 0 fully saturated rings. The van der Waals surface area contributed by atoms with Gasteiger partial charge in [-0.25, -0.2) is 4.98 Å². The third-order valence-electron chi connectivity index (χ3n) is 6.32. The van der Waals surface area contributed by atoms with Crippen molar-refractivity contribution in [2.24, 2.45) is 0 Å². The van der Waals surface area contributed by atoms with E-state index in [9.17, 15) is 14.7 Å². The number of aryl methyl sites for hydroxylation is 2. The highest BCUT2D eigenvalue weighted by Gasteiger charge is 2.19. The molecule has 0 aliphatic rings. The summed E-state index contributed by atoms with van der Waals surface area (Å²) in [6, 6.07) is 12.2. The molecule has 41 heavy (non-hydrogen) atoms. The minimum absolute atomic E-state index is 0.0261. The van der Waals surface area contributed by atoms with Gasteiger partial charge in [0.1, 0.15) is 17.1 Å². The lowest BCUT2D eigenvalue weighted by atomic mass is 10.0. The lowest BCUT2D eigenvalue weighted by Crippen LogP contribution is -2.26. The van der Waals surface area contributed by atoms with E-state index in [0.29, 0.717) is 45.8 Å². The summed E-state index contributed by atoms with van der Waals surface area (Å²) in [5.41, 5.74) is 2.31. The van der Waals surface area contributed by atoms with Crippen LogP contribution in [0, 0.1) is 0 Å². The normalized spacial score (nSPS) is 11.6. The Labute approximate surface area is 241 Å². The lowest BCUT2D eigenvalue weighted by molar-refractivity contribution is -0.111. The van der Waals surface area contributed by atoms with Crippen molar-refractivity contribution in [3.63, 3.8) is 0 Å². The molecule has 4 aromatic rings. The Morgan fingerprint density at radius 3 is 2.59 bits per heavy atom. The second kappa shape index (κ2) is 13.3. The smallest absolute Gasteiger partial charge is 0.260 e. The predicted octanol–water partition coefficient (Wildman–Crippen LogP) is 3.26. The molecule has 2 heterocycles. The highest BCUT2D eigenvalue weighted by Crippen LogP contribution is 2.38. The van der Waals surface area contributed by atoms with E-state index in [1.54, 1.807) is 36.5 Å². The SMILES string of the molecule is C=CC(=O)Nc1ccc(CCn2c(=O)c(-c3cc(OC)cc(OC)c3Cl)cc3cnc(NCC(O)CO)nc32)cc1. The van der Waals surface area contributed by atoms with Gasteiger partial charge in [0.2, 0.25) is 11.9 Å². The number of nitrogens with one attached hydrogen (secondary N) is 2. The van der Waals surface area contributed by atoms with E-state index in [2.05, 4.69) is 27.2 Å². The summed E-state index contributed by atoms with van der Waals surface area (Å²) in [6.07, 6.45) is 2.23. The molecule has 1 unspecified atom stereocenters. The van der Waals surface area contributed by atoms with Crippen LogP contribution in [-0.2, 0) is 17.8 Å². The van der Waals surface area contributed by atoms with Crippen molar-refractivity contribution in [3.8, 4) is 22.6 Å². The van der Waals surface area contributed by atoms with Crippen LogP contribution in [0.2, 0.25) is 5.02 Å². The Morgan fingerprint density at radius 1 is 1.17 bits per heavy atom. The first-order valence-electron chi connectivity index (χ1n) is 12.7. The minimum atomic E-state index is -0.997. The molecule has 12 heteroatoms. The molecule has 1 amide bonds. The third kappa shape index (κ3) is 6.83. The molecule has 0 bridgehead atoms. The number of carbonyl (C=O) groups excluding carboxylic acids is 1. The second-order valence-electron chi connectivity index (χ2n) is 9.04. The molecule has 0 radical (unpaired) electrons. The standard InChI is InChI=1S/C29H30ClN5O6/c1-4-25(38)33-19-7-5-17(6-8-19)9-10-35-27-18(14-31-29(34-27)32-15-20(37)16-36)11-23(28(35)39)22-12-21(40-2)13-24(41-3)26(22)30/h4-8,11-14,20,36-37H,1,9-10,15-16H2,2-3H3,(H,33,38)(H,31,32,34). The number of methoxy groups -OCH3 is 2. The molecule has 0 spiro atoms. The summed E-state index contributed by atoms with van der Waals surface area (Å²) in [5.74, 6) is 0.702. The third-order valence-corrected chi connectivity index (χ3v) is 6.71. The Hall–Kier alpha value is -4.45. The van der Waals surface area contributed by atoms with E-state index in [4.69, 9.17) is 26.2 Å². The van der Waals surface area contributed by atoms with E-state index < -0.39 is 12.7 Å². The van der Waals surface area contributed by atoms with E-state index in [1.165, 1.54) is 24.9 Å². The van der Waals surface area contributed by atoms with Gasteiger partial charge in [0.05, 0.1) is 32.0 Å². The van der Waals surface area contributed by atoms with Gasteiger partial charge in [0, 0.05) is 47.6 Å². The van der Waals surface area contributed by atoms with Crippen molar-refractivity contribution in [1.82, 2.24) is 14.5 Å². The van der Waals surface area contributed by atoms with Crippen LogP contribution >= 0.6 is 11.6 Å². The lowest BCUT2D eigenvalue weighted by Gasteiger charge is -2.16. The first kappa shape index (κ1) is 29.5. The number of aliphatic hydroxyl groups is 2. The van der Waals surface area contributed by atoms with Crippen molar-refractivity contribution < 1.29 is 24.5 Å². The van der Waals surface area contributed by atoms with Gasteiger partial charge in [-0.2, -0.15) is 4.98 Å². The van der Waals surface area contributed by atoms with Gasteiger partial charge in [0.25, 0.3) is 5.56 Å². The molecular weight excluding hydrogens is 550 g/mol. The Morgan fingerprint density at radius 2 is 1.93 bits per heavy atom. The molecule has 4 rings (SSSR count). The maximum atomic E-state index is 14.0. The number of amides is 1. The van der Waals surface area contributed by atoms with Crippen LogP contribution in [-0.4, -0.2) is 64.1 Å². The van der Waals surface area contributed by atoms with Gasteiger partial charge >= 0.3 is 0 Å². The molecule has 2 aromatic carbocycles. The van der Waals surface area contributed by atoms with Crippen molar-refractivity contribution in [1.29, 1.82) is 0 Å². The van der Waals surface area contributed by atoms with Crippen molar-refractivity contribution >= 4 is 40.2 Å². The molecular formula is C29H30ClN5O6. The van der Waals surface area contributed by atoms with Gasteiger partial charge in [-0.15, -0.1) is 0 Å². The van der Waals surface area contributed by atoms with Crippen LogP contribution in [0.3, 0.4) is 0 Å². The maximum absolute atomic E-state index is 14.0. The fourth-order valence-corrected chi connectivity index (χ4v) is 4.43. The van der Waals surface area contributed by atoms with Crippen molar-refractivity contribution in [3.05, 3.63) is 82.3 Å². The molecule has 1 atom stereocenters. The zero-order chi connectivity index (χ0) is 29.5. The minimum Gasteiger partial charge on any atom is -0.497 e. The van der Waals surface area contributed by atoms with Crippen LogP contribution in [0.1, 0.15) is 5.56 Å². The van der Waals surface area contributed by atoms with Gasteiger partial charge in [-0.05, 0) is 42.3 Å². The zero-order valence-corrected chi connectivity index (χ0v) is 23.3. The summed E-state index contributed by atoms with van der Waals surface area (Å²) in [6.45, 7) is 3.31. The fraction of sp³-hybridized carbons (Fsp3) is 0.241. The summed E-state index contributed by atoms with van der Waals surface area (Å²) in [5, 5.41) is 25.2. The molecule has 0 aliphatic heterocycles. The molecule has 2 aromatic heterocycles. The number of hydrogen-bond donors (Lipinski definition) is 4. The fourth-order valence-electron chi connectivity index (χ4n) is 4.14. The van der Waals surface area contributed by atoms with Crippen LogP contribution in [0.25, 0.3) is 22.2 Å². The van der Waals surface area contributed by atoms with E-state index in [0.717, 1.165) is 5.56 Å². The second-order valence-corrected chi connectivity index (χ2v) is 9.41. The predicted molar refractivity (Wildman–Crippen MR) is 158 cm³/mol. The monoisotopic (exact) mass is 579 g/mol. The Balaban J connectivity index is 1.79. The maximum Gasteiger partial charge on any atom is 0.260 e. The van der Waals surface area contributed by atoms with Gasteiger partial charge in [-0.1, -0.05) is 30.3 Å². The number of aliphatic hydroxyl groups excluding tert-OH is 2. The first-order chi connectivity index (χ1) is 19.8. The molecule has 214 valence electrons. The average molecular weight is 580 g/mol. The number of rotatable bonds is 12. The quantitative estimate of drug-likeness (QED) is 0.186. The number of aromatic nitrogens is 3. The Kier molecular flexibility index (Phi) is 9.56. The molecule has 11 nitrogen and oxygen atoms in total. The van der Waals surface area contributed by atoms with Gasteiger partial charge in [-0.3, -0.25) is 14.2 Å². The van der Waals surface area contributed by atoms with E-state index in [-0.39, 0.29) is 35.5 Å². The largest absolute Gasteiger partial charge is 0.497 e. The highest BCUT2D eigenvalue weighted by atomic mass is 35.5. The number of anilines is 2. The summed E-state index contributed by atoms with van der Waals surface area (Å²) >= 11 is 6.64. The number of nitrogens with zero attached hydrogens (tertiary/aromatic N) is 3. The Bertz CT molecular complexity index is 1620. The number of pyridine rings is 1. The van der Waals surface area contributed by atoms with E-state index >= 15 is 0 Å². The average Bonchev–Trinajstić information content (AvgIpc) is 3.00. The highest BCUT2D eigenvalue weighted by molar-refractivity contribution is 6.35. The van der Waals surface area contributed by atoms with Crippen molar-refractivity contribution in [2.45, 2.75) is 19.1 Å². The van der Waals surface area contributed by atoms with Crippen LogP contribution in [0.4, 0.5) is 11.6 Å². The number of fused-ring (bicyclic) bond motifs is 1. The van der Waals surface area contributed by atoms with E-state index in [1.807, 2.05) is 12.1 Å². The molecule has 0 saturated heterocycles. The zero-order valence-electron chi connectivity index (χ0n) is 22.6. The number of hydrogen-bond acceptors (Lipinski definition) is 9. The van der Waals surface area contributed by atoms with Crippen molar-refractivity contribution in [2.75, 3.05) is 38.0 Å². The van der Waals surface area contributed by atoms with Crippen LogP contribution in [0.15, 0.2) is 66.1 Å². The number of carbonyl (C=O) groups is 1. The molecule has 4 N–H and O–H groups in total. The van der Waals surface area contributed by atoms with Gasteiger partial charge in [0.15, 0.2) is 0 Å². The topological polar surface area (TPSA) is 148 Å². The summed E-state index contributed by atoms with van der Waals surface area (Å²) in [7, 11) is 2.99. The number of ether oxygens (including phenoxy) is 2. The number of halogens is 1. The van der Waals surface area contributed by atoms with Crippen LogP contribution in [0.5, 0.6) is 11.5 Å². The van der Waals surface area contributed by atoms with Gasteiger partial charge < -0.3 is 30.3 Å². The molecule has 0 aliphatic carbocycles. The molecule has 0 saturated carbocycles. The van der Waals surface area contributed by atoms with Crippen LogP contribution < -0.4 is 25.7 Å². The summed E-state index contributed by atoms with van der Waals surface area (Å²) in [4.78, 5) is 34.4. The summed E-state index contributed by atoms with van der Waals surface area (Å²) < 4.78 is 12.3. The number of benzene rings is 2. The first-order valence-corrected chi connectivity index (χ1v) is 13.0.